The van der Waals surface area contributed by atoms with E-state index in [9.17, 15) is 0 Å². The van der Waals surface area contributed by atoms with Crippen molar-refractivity contribution in [2.45, 2.75) is 13.1 Å². The van der Waals surface area contributed by atoms with E-state index in [1.54, 1.807) is 0 Å². The van der Waals surface area contributed by atoms with Crippen LogP contribution >= 0.6 is 0 Å². The summed E-state index contributed by atoms with van der Waals surface area (Å²) < 4.78 is 0. The highest BCUT2D eigenvalue weighted by atomic mass is 14.9. The summed E-state index contributed by atoms with van der Waals surface area (Å²) in [6.45, 7) is 1.87. The average molecular weight is 308 g/mol. The van der Waals surface area contributed by atoms with Crippen LogP contribution in [0.15, 0.2) is 60.7 Å². The lowest BCUT2D eigenvalue weighted by Gasteiger charge is -2.12. The lowest BCUT2D eigenvalue weighted by Crippen LogP contribution is -1.88. The number of nitrogens with one attached hydrogen (secondary N) is 2. The van der Waals surface area contributed by atoms with E-state index in [1.165, 1.54) is 55.2 Å². The zero-order valence-corrected chi connectivity index (χ0v) is 13.2. The minimum atomic E-state index is 0.934. The maximum atomic E-state index is 3.51. The largest absolute Gasteiger partial charge is 0.380 e. The Morgan fingerprint density at radius 3 is 1.54 bits per heavy atom. The molecule has 0 unspecified atom stereocenters. The molecule has 0 amide bonds. The number of hydrogen-bond acceptors (Lipinski definition) is 2. The minimum Gasteiger partial charge on any atom is -0.380 e. The fourth-order valence-electron chi connectivity index (χ4n) is 4.40. The van der Waals surface area contributed by atoms with Crippen LogP contribution in [0.4, 0.5) is 11.4 Å². The predicted octanol–water partition coefficient (Wildman–Crippen LogP) is 5.51. The van der Waals surface area contributed by atoms with Crippen LogP contribution in [0.1, 0.15) is 11.1 Å². The Labute approximate surface area is 140 Å². The Balaban J connectivity index is 1.75. The van der Waals surface area contributed by atoms with E-state index in [4.69, 9.17) is 0 Å². The van der Waals surface area contributed by atoms with Crippen molar-refractivity contribution in [3.8, 4) is 11.1 Å². The predicted molar refractivity (Wildman–Crippen MR) is 102 cm³/mol. The fraction of sp³-hybridized carbons (Fsp3) is 0.0909. The summed E-state index contributed by atoms with van der Waals surface area (Å²) in [4.78, 5) is 0. The molecule has 4 aromatic rings. The van der Waals surface area contributed by atoms with Gasteiger partial charge in [-0.3, -0.25) is 0 Å². The number of hydrogen-bond donors (Lipinski definition) is 2. The number of rotatable bonds is 1. The third-order valence-electron chi connectivity index (χ3n) is 5.48. The maximum absolute atomic E-state index is 3.51. The van der Waals surface area contributed by atoms with Crippen molar-refractivity contribution in [1.82, 2.24) is 0 Å². The van der Waals surface area contributed by atoms with Crippen molar-refractivity contribution in [3.63, 3.8) is 0 Å². The second-order valence-electron chi connectivity index (χ2n) is 6.71. The quantitative estimate of drug-likeness (QED) is 0.484. The van der Waals surface area contributed by atoms with Crippen LogP contribution in [0.5, 0.6) is 0 Å². The number of anilines is 2. The van der Waals surface area contributed by atoms with E-state index >= 15 is 0 Å². The van der Waals surface area contributed by atoms with Crippen LogP contribution in [-0.2, 0) is 13.1 Å². The normalized spacial score (nSPS) is 14.2. The van der Waals surface area contributed by atoms with E-state index in [2.05, 4.69) is 71.3 Å². The van der Waals surface area contributed by atoms with Crippen LogP contribution in [-0.4, -0.2) is 0 Å². The van der Waals surface area contributed by atoms with Crippen molar-refractivity contribution in [2.24, 2.45) is 0 Å². The molecule has 0 fully saturated rings. The van der Waals surface area contributed by atoms with Gasteiger partial charge in [0.05, 0.1) is 0 Å². The van der Waals surface area contributed by atoms with Gasteiger partial charge < -0.3 is 10.6 Å². The Hall–Kier alpha value is -3.00. The van der Waals surface area contributed by atoms with E-state index in [0.29, 0.717) is 0 Å². The van der Waals surface area contributed by atoms with E-state index < -0.39 is 0 Å². The molecule has 2 heterocycles. The second kappa shape index (κ2) is 4.30. The summed E-state index contributed by atoms with van der Waals surface area (Å²) in [5, 5.41) is 12.5. The summed E-state index contributed by atoms with van der Waals surface area (Å²) >= 11 is 0. The van der Waals surface area contributed by atoms with Gasteiger partial charge in [-0.2, -0.15) is 0 Å². The Morgan fingerprint density at radius 1 is 0.542 bits per heavy atom. The van der Waals surface area contributed by atoms with Gasteiger partial charge in [-0.15, -0.1) is 0 Å². The molecule has 2 aliphatic rings. The highest BCUT2D eigenvalue weighted by Crippen LogP contribution is 2.43. The number of benzene rings is 4. The third-order valence-corrected chi connectivity index (χ3v) is 5.48. The van der Waals surface area contributed by atoms with Crippen LogP contribution in [0.2, 0.25) is 0 Å². The highest BCUT2D eigenvalue weighted by molar-refractivity contribution is 6.13. The van der Waals surface area contributed by atoms with Gasteiger partial charge >= 0.3 is 0 Å². The summed E-state index contributed by atoms with van der Waals surface area (Å²) in [5.41, 5.74) is 7.98. The summed E-state index contributed by atoms with van der Waals surface area (Å²) in [6, 6.07) is 22.3. The molecule has 24 heavy (non-hydrogen) atoms. The molecule has 0 bridgehead atoms. The molecular weight excluding hydrogens is 292 g/mol. The first kappa shape index (κ1) is 12.4. The molecular formula is C22H16N2. The highest BCUT2D eigenvalue weighted by Gasteiger charge is 2.19. The standard InChI is InChI=1S/C22H16N2/c1-3-13-11-23-19-9-7-15(17(5-1)21(13)19)16-8-10-20-22-14(12-24-20)4-2-6-18(16)22/h1-10,23-24H,11-12H2. The molecule has 0 radical (unpaired) electrons. The Kier molecular flexibility index (Phi) is 2.22. The molecule has 0 aromatic heterocycles. The first-order valence-corrected chi connectivity index (χ1v) is 8.47. The first-order valence-electron chi connectivity index (χ1n) is 8.47. The molecule has 6 rings (SSSR count). The topological polar surface area (TPSA) is 24.1 Å². The van der Waals surface area contributed by atoms with Gasteiger partial charge in [-0.25, -0.2) is 0 Å². The zero-order valence-electron chi connectivity index (χ0n) is 13.2. The van der Waals surface area contributed by atoms with Crippen molar-refractivity contribution in [1.29, 1.82) is 0 Å². The summed E-state index contributed by atoms with van der Waals surface area (Å²) in [6.07, 6.45) is 0. The van der Waals surface area contributed by atoms with Gasteiger partial charge in [0, 0.05) is 35.2 Å². The molecule has 2 aliphatic heterocycles. The lowest BCUT2D eigenvalue weighted by molar-refractivity contribution is 1.22. The zero-order chi connectivity index (χ0) is 15.7. The van der Waals surface area contributed by atoms with Gasteiger partial charge in [0.2, 0.25) is 0 Å². The minimum absolute atomic E-state index is 0.934. The molecule has 2 nitrogen and oxygen atoms in total. The molecule has 114 valence electrons. The van der Waals surface area contributed by atoms with Crippen LogP contribution < -0.4 is 10.6 Å². The van der Waals surface area contributed by atoms with Gasteiger partial charge in [0.25, 0.3) is 0 Å². The third kappa shape index (κ3) is 1.46. The van der Waals surface area contributed by atoms with Crippen LogP contribution in [0, 0.1) is 0 Å². The van der Waals surface area contributed by atoms with Gasteiger partial charge in [-0.05, 0) is 45.2 Å². The lowest BCUT2D eigenvalue weighted by atomic mass is 9.91. The monoisotopic (exact) mass is 308 g/mol. The Morgan fingerprint density at radius 2 is 1.04 bits per heavy atom. The molecule has 0 saturated carbocycles. The average Bonchev–Trinajstić information content (AvgIpc) is 3.24. The molecule has 0 saturated heterocycles. The van der Waals surface area contributed by atoms with E-state index in [-0.39, 0.29) is 0 Å². The van der Waals surface area contributed by atoms with Gasteiger partial charge in [0.1, 0.15) is 0 Å². The van der Waals surface area contributed by atoms with Gasteiger partial charge in [0.15, 0.2) is 0 Å². The SMILES string of the molecule is c1cc2c3c(ccc(-c4ccc5c6c(cccc46)CN5)c3c1)NC2. The summed E-state index contributed by atoms with van der Waals surface area (Å²) in [5.74, 6) is 0. The van der Waals surface area contributed by atoms with Crippen molar-refractivity contribution >= 4 is 32.9 Å². The molecule has 0 atom stereocenters. The van der Waals surface area contributed by atoms with Crippen LogP contribution in [0.3, 0.4) is 0 Å². The fourth-order valence-corrected chi connectivity index (χ4v) is 4.40. The second-order valence-corrected chi connectivity index (χ2v) is 6.71. The van der Waals surface area contributed by atoms with Crippen molar-refractivity contribution in [3.05, 3.63) is 71.8 Å². The molecule has 2 heteroatoms. The van der Waals surface area contributed by atoms with E-state index in [1.807, 2.05) is 0 Å². The summed E-state index contributed by atoms with van der Waals surface area (Å²) in [7, 11) is 0. The van der Waals surface area contributed by atoms with Crippen molar-refractivity contribution < 1.29 is 0 Å². The van der Waals surface area contributed by atoms with Crippen LogP contribution in [0.25, 0.3) is 32.7 Å². The first-order chi connectivity index (χ1) is 11.9. The molecule has 2 N–H and O–H groups in total. The van der Waals surface area contributed by atoms with E-state index in [0.717, 1.165) is 13.1 Å². The smallest absolute Gasteiger partial charge is 0.0426 e. The maximum Gasteiger partial charge on any atom is 0.0426 e. The van der Waals surface area contributed by atoms with Crippen molar-refractivity contribution in [2.75, 3.05) is 10.6 Å². The van der Waals surface area contributed by atoms with Gasteiger partial charge in [-0.1, -0.05) is 48.5 Å². The molecule has 4 aromatic carbocycles. The molecule has 0 aliphatic carbocycles. The molecule has 0 spiro atoms. The Bertz CT molecular complexity index is 1040.